The lowest BCUT2D eigenvalue weighted by molar-refractivity contribution is -0.123. The van der Waals surface area contributed by atoms with Crippen molar-refractivity contribution >= 4 is 29.1 Å². The highest BCUT2D eigenvalue weighted by Crippen LogP contribution is 2.36. The van der Waals surface area contributed by atoms with Crippen molar-refractivity contribution in [1.29, 1.82) is 0 Å². The third kappa shape index (κ3) is 4.50. The second-order valence-corrected chi connectivity index (χ2v) is 6.32. The fraction of sp³-hybridized carbons (Fsp3) is 0.533. The van der Waals surface area contributed by atoms with Gasteiger partial charge in [-0.05, 0) is 25.0 Å². The highest BCUT2D eigenvalue weighted by molar-refractivity contribution is 6.42. The summed E-state index contributed by atoms with van der Waals surface area (Å²) in [6, 6.07) is 4.85. The molecule has 2 rings (SSSR count). The van der Waals surface area contributed by atoms with Gasteiger partial charge in [-0.2, -0.15) is 0 Å². The Morgan fingerprint density at radius 3 is 2.62 bits per heavy atom. The maximum absolute atomic E-state index is 11.8. The Balaban J connectivity index is 1.78. The number of carbonyl (C=O) groups excluding carboxylic acids is 1. The van der Waals surface area contributed by atoms with Crippen LogP contribution in [0.5, 0.6) is 5.75 Å². The van der Waals surface area contributed by atoms with Gasteiger partial charge >= 0.3 is 0 Å². The zero-order valence-corrected chi connectivity index (χ0v) is 13.2. The maximum atomic E-state index is 11.8. The second-order valence-electron chi connectivity index (χ2n) is 5.51. The summed E-state index contributed by atoms with van der Waals surface area (Å²) in [5.74, 6) is 0.290. The number of aliphatic hydroxyl groups excluding tert-OH is 1. The van der Waals surface area contributed by atoms with Gasteiger partial charge in [0.15, 0.2) is 6.61 Å². The number of hydrogen-bond acceptors (Lipinski definition) is 3. The fourth-order valence-corrected chi connectivity index (χ4v) is 2.86. The molecule has 0 spiro atoms. The molecule has 116 valence electrons. The van der Waals surface area contributed by atoms with E-state index in [-0.39, 0.29) is 24.5 Å². The summed E-state index contributed by atoms with van der Waals surface area (Å²) in [7, 11) is 0. The van der Waals surface area contributed by atoms with Crippen molar-refractivity contribution in [1.82, 2.24) is 5.32 Å². The van der Waals surface area contributed by atoms with E-state index in [1.54, 1.807) is 18.2 Å². The number of rotatable bonds is 6. The molecule has 1 aromatic carbocycles. The minimum Gasteiger partial charge on any atom is -0.484 e. The Hall–Kier alpha value is -0.970. The molecular formula is C15H19Cl2NO3. The van der Waals surface area contributed by atoms with Crippen LogP contribution < -0.4 is 10.1 Å². The Labute approximate surface area is 134 Å². The predicted molar refractivity (Wildman–Crippen MR) is 83.0 cm³/mol. The maximum Gasteiger partial charge on any atom is 0.257 e. The first-order valence-corrected chi connectivity index (χ1v) is 7.76. The quantitative estimate of drug-likeness (QED) is 0.842. The van der Waals surface area contributed by atoms with E-state index < -0.39 is 0 Å². The lowest BCUT2D eigenvalue weighted by Crippen LogP contribution is -2.40. The SMILES string of the molecule is O=C(COc1ccc(Cl)c(Cl)c1)NCC1(CO)CCCC1. The monoisotopic (exact) mass is 331 g/mol. The number of hydrogen-bond donors (Lipinski definition) is 2. The molecule has 1 fully saturated rings. The average Bonchev–Trinajstić information content (AvgIpc) is 2.96. The number of aliphatic hydroxyl groups is 1. The van der Waals surface area contributed by atoms with Crippen molar-refractivity contribution in [2.45, 2.75) is 25.7 Å². The minimum atomic E-state index is -0.208. The number of ether oxygens (including phenoxy) is 1. The van der Waals surface area contributed by atoms with Crippen LogP contribution in [0.4, 0.5) is 0 Å². The lowest BCUT2D eigenvalue weighted by atomic mass is 9.87. The van der Waals surface area contributed by atoms with Crippen LogP contribution in [-0.2, 0) is 4.79 Å². The van der Waals surface area contributed by atoms with Gasteiger partial charge in [0.05, 0.1) is 16.7 Å². The molecular weight excluding hydrogens is 313 g/mol. The average molecular weight is 332 g/mol. The van der Waals surface area contributed by atoms with Crippen LogP contribution in [-0.4, -0.2) is 30.8 Å². The molecule has 0 bridgehead atoms. The van der Waals surface area contributed by atoms with Crippen molar-refractivity contribution in [3.8, 4) is 5.75 Å². The van der Waals surface area contributed by atoms with E-state index in [2.05, 4.69) is 5.32 Å². The molecule has 1 saturated carbocycles. The third-order valence-corrected chi connectivity index (χ3v) is 4.66. The highest BCUT2D eigenvalue weighted by atomic mass is 35.5. The number of halogens is 2. The molecule has 1 amide bonds. The van der Waals surface area contributed by atoms with Gasteiger partial charge in [0.25, 0.3) is 5.91 Å². The van der Waals surface area contributed by atoms with Crippen LogP contribution >= 0.6 is 23.2 Å². The highest BCUT2D eigenvalue weighted by Gasteiger charge is 2.33. The van der Waals surface area contributed by atoms with Gasteiger partial charge in [0.1, 0.15) is 5.75 Å². The summed E-state index contributed by atoms with van der Waals surface area (Å²) in [5, 5.41) is 13.1. The van der Waals surface area contributed by atoms with Gasteiger partial charge in [-0.25, -0.2) is 0 Å². The zero-order chi connectivity index (χ0) is 15.3. The molecule has 1 aliphatic carbocycles. The molecule has 6 heteroatoms. The molecule has 1 aliphatic rings. The van der Waals surface area contributed by atoms with Crippen LogP contribution in [0.1, 0.15) is 25.7 Å². The number of benzene rings is 1. The van der Waals surface area contributed by atoms with Gasteiger partial charge in [-0.15, -0.1) is 0 Å². The molecule has 0 heterocycles. The molecule has 4 nitrogen and oxygen atoms in total. The van der Waals surface area contributed by atoms with Gasteiger partial charge in [-0.1, -0.05) is 36.0 Å². The summed E-state index contributed by atoms with van der Waals surface area (Å²) in [4.78, 5) is 11.8. The van der Waals surface area contributed by atoms with E-state index in [9.17, 15) is 9.90 Å². The zero-order valence-electron chi connectivity index (χ0n) is 11.7. The lowest BCUT2D eigenvalue weighted by Gasteiger charge is -2.26. The molecule has 0 aliphatic heterocycles. The van der Waals surface area contributed by atoms with Crippen molar-refractivity contribution in [2.24, 2.45) is 5.41 Å². The van der Waals surface area contributed by atoms with Crippen LogP contribution in [0.3, 0.4) is 0 Å². The van der Waals surface area contributed by atoms with Gasteiger partial charge in [0, 0.05) is 18.0 Å². The smallest absolute Gasteiger partial charge is 0.257 e. The fourth-order valence-electron chi connectivity index (χ4n) is 2.57. The van der Waals surface area contributed by atoms with E-state index in [0.717, 1.165) is 25.7 Å². The first-order chi connectivity index (χ1) is 10.0. The molecule has 0 radical (unpaired) electrons. The Morgan fingerprint density at radius 1 is 1.29 bits per heavy atom. The molecule has 0 saturated heterocycles. The Bertz CT molecular complexity index is 502. The minimum absolute atomic E-state index is 0.0839. The van der Waals surface area contributed by atoms with Gasteiger partial charge in [0.2, 0.25) is 0 Å². The van der Waals surface area contributed by atoms with Crippen LogP contribution in [0.15, 0.2) is 18.2 Å². The molecule has 2 N–H and O–H groups in total. The van der Waals surface area contributed by atoms with Gasteiger partial charge < -0.3 is 15.2 Å². The van der Waals surface area contributed by atoms with E-state index in [1.165, 1.54) is 0 Å². The summed E-state index contributed by atoms with van der Waals surface area (Å²) in [6.07, 6.45) is 4.13. The van der Waals surface area contributed by atoms with Crippen molar-refractivity contribution in [2.75, 3.05) is 19.8 Å². The predicted octanol–water partition coefficient (Wildman–Crippen LogP) is 3.04. The standard InChI is InChI=1S/C15H19Cl2NO3/c16-12-4-3-11(7-13(12)17)21-8-14(20)18-9-15(10-19)5-1-2-6-15/h3-4,7,19H,1-2,5-6,8-10H2,(H,18,20). The van der Waals surface area contributed by atoms with Crippen molar-refractivity contribution in [3.63, 3.8) is 0 Å². The largest absolute Gasteiger partial charge is 0.484 e. The molecule has 0 unspecified atom stereocenters. The Kier molecular flexibility index (Phi) is 5.73. The molecule has 1 aromatic rings. The van der Waals surface area contributed by atoms with E-state index in [1.807, 2.05) is 0 Å². The molecule has 21 heavy (non-hydrogen) atoms. The topological polar surface area (TPSA) is 58.6 Å². The van der Waals surface area contributed by atoms with Gasteiger partial charge in [-0.3, -0.25) is 4.79 Å². The van der Waals surface area contributed by atoms with Crippen molar-refractivity contribution < 1.29 is 14.6 Å². The third-order valence-electron chi connectivity index (χ3n) is 3.92. The normalized spacial score (nSPS) is 16.7. The second kappa shape index (κ2) is 7.34. The summed E-state index contributed by atoms with van der Waals surface area (Å²) < 4.78 is 5.37. The number of carbonyl (C=O) groups is 1. The summed E-state index contributed by atoms with van der Waals surface area (Å²) >= 11 is 11.7. The Morgan fingerprint density at radius 2 is 2.00 bits per heavy atom. The van der Waals surface area contributed by atoms with Crippen LogP contribution in [0.2, 0.25) is 10.0 Å². The molecule has 0 atom stereocenters. The first-order valence-electron chi connectivity index (χ1n) is 7.00. The molecule has 0 aromatic heterocycles. The summed E-state index contributed by atoms with van der Waals surface area (Å²) in [5.41, 5.74) is -0.154. The van der Waals surface area contributed by atoms with E-state index in [4.69, 9.17) is 27.9 Å². The number of amides is 1. The van der Waals surface area contributed by atoms with Crippen LogP contribution in [0, 0.1) is 5.41 Å². The van der Waals surface area contributed by atoms with E-state index in [0.29, 0.717) is 22.3 Å². The summed E-state index contributed by atoms with van der Waals surface area (Å²) in [6.45, 7) is 0.521. The van der Waals surface area contributed by atoms with Crippen molar-refractivity contribution in [3.05, 3.63) is 28.2 Å². The van der Waals surface area contributed by atoms with Crippen LogP contribution in [0.25, 0.3) is 0 Å². The number of nitrogens with one attached hydrogen (secondary N) is 1. The van der Waals surface area contributed by atoms with E-state index >= 15 is 0 Å². The first kappa shape index (κ1) is 16.4.